The summed E-state index contributed by atoms with van der Waals surface area (Å²) >= 11 is 0. The minimum absolute atomic E-state index is 0. The molecule has 118 valence electrons. The van der Waals surface area contributed by atoms with E-state index in [0.29, 0.717) is 17.9 Å². The zero-order valence-corrected chi connectivity index (χ0v) is 12.6. The molecule has 0 aliphatic heterocycles. The van der Waals surface area contributed by atoms with Gasteiger partial charge < -0.3 is 20.7 Å². The molecule has 0 spiro atoms. The lowest BCUT2D eigenvalue weighted by atomic mass is 10.1. The first-order chi connectivity index (χ1) is 10.1. The molecule has 0 aromatic heterocycles. The molecule has 0 radical (unpaired) electrons. The van der Waals surface area contributed by atoms with Gasteiger partial charge in [-0.1, -0.05) is 36.4 Å². The zero-order chi connectivity index (χ0) is 15.2. The highest BCUT2D eigenvalue weighted by atomic mass is 35.5. The van der Waals surface area contributed by atoms with Crippen molar-refractivity contribution >= 4 is 18.4 Å². The maximum absolute atomic E-state index is 10.8. The lowest BCUT2D eigenvalue weighted by Gasteiger charge is -2.11. The van der Waals surface area contributed by atoms with E-state index in [9.17, 15) is 9.90 Å². The fourth-order valence-corrected chi connectivity index (χ4v) is 1.88. The Morgan fingerprint density at radius 3 is 2.45 bits per heavy atom. The highest BCUT2D eigenvalue weighted by molar-refractivity contribution is 5.85. The number of benzene rings is 2. The molecule has 0 bridgehead atoms. The van der Waals surface area contributed by atoms with Crippen LogP contribution in [0.2, 0.25) is 0 Å². The number of carbonyl (C=O) groups is 1. The van der Waals surface area contributed by atoms with Gasteiger partial charge in [0, 0.05) is 0 Å². The number of carboxylic acids is 1. The fourth-order valence-electron chi connectivity index (χ4n) is 1.88. The van der Waals surface area contributed by atoms with E-state index < -0.39 is 12.0 Å². The Bertz CT molecular complexity index is 619. The average Bonchev–Trinajstić information content (AvgIpc) is 2.48. The van der Waals surface area contributed by atoms with E-state index in [1.54, 1.807) is 12.1 Å². The molecular formula is C16H18ClNO4. The number of nitrogens with two attached hydrogens (primary N) is 1. The number of phenols is 1. The van der Waals surface area contributed by atoms with Crippen molar-refractivity contribution in [2.45, 2.75) is 19.1 Å². The number of rotatable bonds is 6. The predicted octanol–water partition coefficient (Wildman–Crippen LogP) is 2.35. The number of aromatic hydroxyl groups is 1. The van der Waals surface area contributed by atoms with Gasteiger partial charge in [-0.05, 0) is 29.7 Å². The molecule has 5 nitrogen and oxygen atoms in total. The Labute approximate surface area is 134 Å². The number of carboxylic acid groups (broad SMARTS) is 1. The summed E-state index contributed by atoms with van der Waals surface area (Å²) in [5.41, 5.74) is 7.18. The monoisotopic (exact) mass is 323 g/mol. The summed E-state index contributed by atoms with van der Waals surface area (Å²) in [6.07, 6.45) is 0.178. The minimum Gasteiger partial charge on any atom is -0.504 e. The Balaban J connectivity index is 0.00000242. The molecule has 0 amide bonds. The highest BCUT2D eigenvalue weighted by Gasteiger charge is 2.13. The molecule has 0 fully saturated rings. The molecule has 1 atom stereocenters. The molecule has 0 aliphatic rings. The summed E-state index contributed by atoms with van der Waals surface area (Å²) in [4.78, 5) is 10.8. The lowest BCUT2D eigenvalue weighted by Crippen LogP contribution is -2.32. The number of phenolic OH excluding ortho intramolecular Hbond substituents is 1. The molecule has 1 unspecified atom stereocenters. The molecule has 0 saturated heterocycles. The van der Waals surface area contributed by atoms with Crippen LogP contribution in [0, 0.1) is 0 Å². The summed E-state index contributed by atoms with van der Waals surface area (Å²) in [5, 5.41) is 18.6. The van der Waals surface area contributed by atoms with Crippen LogP contribution < -0.4 is 10.5 Å². The summed E-state index contributed by atoms with van der Waals surface area (Å²) in [6, 6.07) is 13.3. The van der Waals surface area contributed by atoms with Gasteiger partial charge in [-0.25, -0.2) is 0 Å². The number of hydrogen-bond acceptors (Lipinski definition) is 4. The van der Waals surface area contributed by atoms with E-state index in [-0.39, 0.29) is 24.6 Å². The smallest absolute Gasteiger partial charge is 0.320 e. The first-order valence-corrected chi connectivity index (χ1v) is 6.53. The third-order valence-corrected chi connectivity index (χ3v) is 3.03. The fraction of sp³-hybridized carbons (Fsp3) is 0.188. The van der Waals surface area contributed by atoms with Gasteiger partial charge in [0.05, 0.1) is 0 Å². The van der Waals surface area contributed by atoms with Gasteiger partial charge >= 0.3 is 5.97 Å². The van der Waals surface area contributed by atoms with Crippen molar-refractivity contribution in [3.05, 3.63) is 59.7 Å². The van der Waals surface area contributed by atoms with Crippen LogP contribution >= 0.6 is 12.4 Å². The summed E-state index contributed by atoms with van der Waals surface area (Å²) < 4.78 is 5.57. The number of aliphatic carboxylic acids is 1. The molecule has 2 aromatic rings. The van der Waals surface area contributed by atoms with Crippen LogP contribution in [0.1, 0.15) is 11.1 Å². The Morgan fingerprint density at radius 1 is 1.14 bits per heavy atom. The van der Waals surface area contributed by atoms with Gasteiger partial charge in [-0.2, -0.15) is 0 Å². The van der Waals surface area contributed by atoms with Crippen LogP contribution in [-0.4, -0.2) is 22.2 Å². The maximum Gasteiger partial charge on any atom is 0.320 e. The van der Waals surface area contributed by atoms with Crippen LogP contribution in [0.15, 0.2) is 48.5 Å². The second kappa shape index (κ2) is 8.26. The van der Waals surface area contributed by atoms with E-state index in [1.165, 1.54) is 6.07 Å². The van der Waals surface area contributed by atoms with Crippen molar-refractivity contribution in [3.8, 4) is 11.5 Å². The molecule has 6 heteroatoms. The maximum atomic E-state index is 10.8. The van der Waals surface area contributed by atoms with Gasteiger partial charge in [0.2, 0.25) is 0 Å². The largest absolute Gasteiger partial charge is 0.504 e. The highest BCUT2D eigenvalue weighted by Crippen LogP contribution is 2.28. The van der Waals surface area contributed by atoms with Crippen molar-refractivity contribution in [1.29, 1.82) is 0 Å². The summed E-state index contributed by atoms with van der Waals surface area (Å²) in [7, 11) is 0. The first-order valence-electron chi connectivity index (χ1n) is 6.53. The summed E-state index contributed by atoms with van der Waals surface area (Å²) in [5.74, 6) is -0.734. The van der Waals surface area contributed by atoms with Gasteiger partial charge in [-0.15, -0.1) is 12.4 Å². The van der Waals surface area contributed by atoms with Crippen LogP contribution in [-0.2, 0) is 17.8 Å². The summed E-state index contributed by atoms with van der Waals surface area (Å²) in [6.45, 7) is 0.322. The van der Waals surface area contributed by atoms with E-state index >= 15 is 0 Å². The first kappa shape index (κ1) is 17.8. The van der Waals surface area contributed by atoms with Gasteiger partial charge in [0.1, 0.15) is 12.6 Å². The van der Waals surface area contributed by atoms with Crippen LogP contribution in [0.25, 0.3) is 0 Å². The Kier molecular flexibility index (Phi) is 6.69. The van der Waals surface area contributed by atoms with Crippen molar-refractivity contribution in [2.24, 2.45) is 5.73 Å². The van der Waals surface area contributed by atoms with Crippen molar-refractivity contribution in [1.82, 2.24) is 0 Å². The van der Waals surface area contributed by atoms with Crippen LogP contribution in [0.3, 0.4) is 0 Å². The van der Waals surface area contributed by atoms with Gasteiger partial charge in [0.25, 0.3) is 0 Å². The lowest BCUT2D eigenvalue weighted by molar-refractivity contribution is -0.138. The average molecular weight is 324 g/mol. The Hall–Kier alpha value is -2.24. The zero-order valence-electron chi connectivity index (χ0n) is 11.8. The van der Waals surface area contributed by atoms with Crippen LogP contribution in [0.4, 0.5) is 0 Å². The second-order valence-electron chi connectivity index (χ2n) is 4.73. The second-order valence-corrected chi connectivity index (χ2v) is 4.73. The van der Waals surface area contributed by atoms with E-state index in [2.05, 4.69) is 0 Å². The van der Waals surface area contributed by atoms with Crippen molar-refractivity contribution in [2.75, 3.05) is 0 Å². The molecule has 2 rings (SSSR count). The number of ether oxygens (including phenoxy) is 1. The SMILES string of the molecule is Cl.NC(Cc1ccc(O)c(OCc2ccccc2)c1)C(=O)O. The molecule has 22 heavy (non-hydrogen) atoms. The number of hydrogen-bond donors (Lipinski definition) is 3. The van der Waals surface area contributed by atoms with Crippen molar-refractivity contribution in [3.63, 3.8) is 0 Å². The molecule has 0 heterocycles. The van der Waals surface area contributed by atoms with Gasteiger partial charge in [0.15, 0.2) is 11.5 Å². The molecule has 4 N–H and O–H groups in total. The standard InChI is InChI=1S/C16H17NO4.ClH/c17-13(16(19)20)8-12-6-7-14(18)15(9-12)21-10-11-4-2-1-3-5-11;/h1-7,9,13,18H,8,10,17H2,(H,19,20);1H. The molecule has 0 saturated carbocycles. The topological polar surface area (TPSA) is 92.8 Å². The van der Waals surface area contributed by atoms with E-state index in [1.807, 2.05) is 30.3 Å². The third-order valence-electron chi connectivity index (χ3n) is 3.03. The molecular weight excluding hydrogens is 306 g/mol. The quantitative estimate of drug-likeness (QED) is 0.758. The predicted molar refractivity (Wildman–Crippen MR) is 85.4 cm³/mol. The van der Waals surface area contributed by atoms with E-state index in [4.69, 9.17) is 15.6 Å². The van der Waals surface area contributed by atoms with Crippen molar-refractivity contribution < 1.29 is 19.7 Å². The van der Waals surface area contributed by atoms with Gasteiger partial charge in [-0.3, -0.25) is 4.79 Å². The normalized spacial score (nSPS) is 11.3. The molecule has 2 aromatic carbocycles. The minimum atomic E-state index is -1.06. The van der Waals surface area contributed by atoms with Crippen LogP contribution in [0.5, 0.6) is 11.5 Å². The van der Waals surface area contributed by atoms with E-state index in [0.717, 1.165) is 5.56 Å². The number of halogens is 1. The third kappa shape index (κ3) is 4.95. The molecule has 0 aliphatic carbocycles. The Morgan fingerprint density at radius 2 is 1.82 bits per heavy atom.